The van der Waals surface area contributed by atoms with Crippen molar-refractivity contribution in [2.24, 2.45) is 0 Å². The summed E-state index contributed by atoms with van der Waals surface area (Å²) < 4.78 is 0. The molecule has 114 valence electrons. The number of fused-ring (bicyclic) bond motifs is 1. The highest BCUT2D eigenvalue weighted by Gasteiger charge is 2.25. The molecule has 1 fully saturated rings. The van der Waals surface area contributed by atoms with Gasteiger partial charge in [-0.3, -0.25) is 4.79 Å². The van der Waals surface area contributed by atoms with Crippen LogP contribution in [0.5, 0.6) is 0 Å². The number of aliphatic hydroxyl groups is 1. The van der Waals surface area contributed by atoms with Crippen LogP contribution in [-0.2, 0) is 6.42 Å². The maximum atomic E-state index is 12.6. The maximum Gasteiger partial charge on any atom is 0.253 e. The van der Waals surface area contributed by atoms with Gasteiger partial charge in [0, 0.05) is 36.9 Å². The molecule has 3 rings (SSSR count). The number of piperidine rings is 1. The van der Waals surface area contributed by atoms with Crippen molar-refractivity contribution >= 4 is 11.6 Å². The molecule has 0 saturated carbocycles. The SMILES string of the molecule is CC(C)N1CCc2cc(C(=O)N3CCC(O)CC3)ccc21. The molecule has 1 N–H and O–H groups in total. The van der Waals surface area contributed by atoms with Gasteiger partial charge in [0.1, 0.15) is 0 Å². The van der Waals surface area contributed by atoms with E-state index in [2.05, 4.69) is 30.9 Å². The Morgan fingerprint density at radius 3 is 2.62 bits per heavy atom. The van der Waals surface area contributed by atoms with Crippen molar-refractivity contribution in [3.05, 3.63) is 29.3 Å². The van der Waals surface area contributed by atoms with Crippen LogP contribution in [0.3, 0.4) is 0 Å². The molecule has 0 unspecified atom stereocenters. The Kier molecular flexibility index (Phi) is 3.89. The third-order valence-electron chi connectivity index (χ3n) is 4.63. The normalized spacial score (nSPS) is 19.2. The van der Waals surface area contributed by atoms with Crippen molar-refractivity contribution in [3.63, 3.8) is 0 Å². The van der Waals surface area contributed by atoms with E-state index >= 15 is 0 Å². The lowest BCUT2D eigenvalue weighted by molar-refractivity contribution is 0.0546. The summed E-state index contributed by atoms with van der Waals surface area (Å²) >= 11 is 0. The molecule has 0 radical (unpaired) electrons. The third-order valence-corrected chi connectivity index (χ3v) is 4.63. The van der Waals surface area contributed by atoms with Crippen molar-refractivity contribution in [2.75, 3.05) is 24.5 Å². The van der Waals surface area contributed by atoms with Gasteiger partial charge in [-0.15, -0.1) is 0 Å². The number of hydrogen-bond donors (Lipinski definition) is 1. The minimum atomic E-state index is -0.242. The quantitative estimate of drug-likeness (QED) is 0.906. The van der Waals surface area contributed by atoms with Crippen molar-refractivity contribution in [1.29, 1.82) is 0 Å². The smallest absolute Gasteiger partial charge is 0.253 e. The molecule has 0 bridgehead atoms. The van der Waals surface area contributed by atoms with Gasteiger partial charge in [-0.2, -0.15) is 0 Å². The van der Waals surface area contributed by atoms with Crippen LogP contribution < -0.4 is 4.90 Å². The van der Waals surface area contributed by atoms with Gasteiger partial charge in [-0.25, -0.2) is 0 Å². The van der Waals surface area contributed by atoms with Gasteiger partial charge in [0.2, 0.25) is 0 Å². The van der Waals surface area contributed by atoms with E-state index < -0.39 is 0 Å². The van der Waals surface area contributed by atoms with E-state index in [1.165, 1.54) is 11.3 Å². The van der Waals surface area contributed by atoms with E-state index in [4.69, 9.17) is 0 Å². The molecule has 21 heavy (non-hydrogen) atoms. The van der Waals surface area contributed by atoms with E-state index in [1.807, 2.05) is 11.0 Å². The van der Waals surface area contributed by atoms with Crippen LogP contribution in [0, 0.1) is 0 Å². The van der Waals surface area contributed by atoms with Crippen LogP contribution in [0.1, 0.15) is 42.6 Å². The number of hydrogen-bond acceptors (Lipinski definition) is 3. The lowest BCUT2D eigenvalue weighted by Crippen LogP contribution is -2.40. The number of likely N-dealkylation sites (tertiary alicyclic amines) is 1. The first-order valence-electron chi connectivity index (χ1n) is 7.93. The highest BCUT2D eigenvalue weighted by molar-refractivity contribution is 5.95. The van der Waals surface area contributed by atoms with Crippen molar-refractivity contribution in [2.45, 2.75) is 45.3 Å². The molecular weight excluding hydrogens is 264 g/mol. The van der Waals surface area contributed by atoms with Crippen molar-refractivity contribution in [3.8, 4) is 0 Å². The molecule has 0 aliphatic carbocycles. The zero-order valence-electron chi connectivity index (χ0n) is 12.9. The second-order valence-corrected chi connectivity index (χ2v) is 6.40. The number of benzene rings is 1. The average molecular weight is 288 g/mol. The van der Waals surface area contributed by atoms with E-state index in [9.17, 15) is 9.90 Å². The summed E-state index contributed by atoms with van der Waals surface area (Å²) in [6.45, 7) is 6.77. The largest absolute Gasteiger partial charge is 0.393 e. The van der Waals surface area contributed by atoms with Gasteiger partial charge in [-0.1, -0.05) is 0 Å². The highest BCUT2D eigenvalue weighted by atomic mass is 16.3. The van der Waals surface area contributed by atoms with Gasteiger partial charge < -0.3 is 14.9 Å². The average Bonchev–Trinajstić information content (AvgIpc) is 2.90. The van der Waals surface area contributed by atoms with Gasteiger partial charge in [-0.05, 0) is 56.9 Å². The predicted molar refractivity (Wildman–Crippen MR) is 83.8 cm³/mol. The Hall–Kier alpha value is -1.55. The fraction of sp³-hybridized carbons (Fsp3) is 0.588. The Morgan fingerprint density at radius 1 is 1.24 bits per heavy atom. The number of carbonyl (C=O) groups is 1. The molecule has 1 amide bonds. The van der Waals surface area contributed by atoms with E-state index in [0.717, 1.165) is 18.5 Å². The molecule has 0 spiro atoms. The maximum absolute atomic E-state index is 12.6. The van der Waals surface area contributed by atoms with Crippen LogP contribution in [0.2, 0.25) is 0 Å². The van der Waals surface area contributed by atoms with Gasteiger partial charge in [0.05, 0.1) is 6.10 Å². The van der Waals surface area contributed by atoms with E-state index in [1.54, 1.807) is 0 Å². The summed E-state index contributed by atoms with van der Waals surface area (Å²) in [5, 5.41) is 9.54. The van der Waals surface area contributed by atoms with E-state index in [0.29, 0.717) is 32.0 Å². The summed E-state index contributed by atoms with van der Waals surface area (Å²) in [4.78, 5) is 16.8. The van der Waals surface area contributed by atoms with Crippen molar-refractivity contribution in [1.82, 2.24) is 4.90 Å². The number of carbonyl (C=O) groups excluding carboxylic acids is 1. The molecule has 2 heterocycles. The lowest BCUT2D eigenvalue weighted by Gasteiger charge is -2.30. The highest BCUT2D eigenvalue weighted by Crippen LogP contribution is 2.30. The first kappa shape index (κ1) is 14.4. The Bertz CT molecular complexity index is 534. The second kappa shape index (κ2) is 5.68. The molecule has 1 aromatic carbocycles. The summed E-state index contributed by atoms with van der Waals surface area (Å²) in [6, 6.07) is 6.60. The van der Waals surface area contributed by atoms with Gasteiger partial charge >= 0.3 is 0 Å². The Labute approximate surface area is 126 Å². The fourth-order valence-corrected chi connectivity index (χ4v) is 3.35. The van der Waals surface area contributed by atoms with Crippen LogP contribution in [0.25, 0.3) is 0 Å². The molecule has 1 saturated heterocycles. The molecule has 0 atom stereocenters. The van der Waals surface area contributed by atoms with Crippen LogP contribution in [0.15, 0.2) is 18.2 Å². The molecule has 4 heteroatoms. The van der Waals surface area contributed by atoms with Gasteiger partial charge in [0.25, 0.3) is 5.91 Å². The third kappa shape index (κ3) is 2.77. The molecule has 2 aliphatic rings. The first-order valence-corrected chi connectivity index (χ1v) is 7.93. The molecule has 0 aromatic heterocycles. The summed E-state index contributed by atoms with van der Waals surface area (Å²) in [7, 11) is 0. The summed E-state index contributed by atoms with van der Waals surface area (Å²) in [5.41, 5.74) is 3.35. The number of amides is 1. The van der Waals surface area contributed by atoms with Gasteiger partial charge in [0.15, 0.2) is 0 Å². The van der Waals surface area contributed by atoms with Crippen LogP contribution in [-0.4, -0.2) is 47.7 Å². The standard InChI is InChI=1S/C17H24N2O2/c1-12(2)19-10-5-13-11-14(3-4-16(13)19)17(21)18-8-6-15(20)7-9-18/h3-4,11-12,15,20H,5-10H2,1-2H3. The monoisotopic (exact) mass is 288 g/mol. The number of anilines is 1. The first-order chi connectivity index (χ1) is 10.1. The number of aliphatic hydroxyl groups excluding tert-OH is 1. The van der Waals surface area contributed by atoms with Crippen LogP contribution in [0.4, 0.5) is 5.69 Å². The summed E-state index contributed by atoms with van der Waals surface area (Å²) in [6.07, 6.45) is 2.16. The second-order valence-electron chi connectivity index (χ2n) is 6.40. The minimum Gasteiger partial charge on any atom is -0.393 e. The fourth-order valence-electron chi connectivity index (χ4n) is 3.35. The summed E-state index contributed by atoms with van der Waals surface area (Å²) in [5.74, 6) is 0.104. The molecule has 2 aliphatic heterocycles. The molecule has 4 nitrogen and oxygen atoms in total. The minimum absolute atomic E-state index is 0.104. The van der Waals surface area contributed by atoms with E-state index in [-0.39, 0.29) is 12.0 Å². The number of rotatable bonds is 2. The number of nitrogens with zero attached hydrogens (tertiary/aromatic N) is 2. The van der Waals surface area contributed by atoms with Crippen LogP contribution >= 0.6 is 0 Å². The lowest BCUT2D eigenvalue weighted by atomic mass is 10.0. The Morgan fingerprint density at radius 2 is 1.95 bits per heavy atom. The predicted octanol–water partition coefficient (Wildman–Crippen LogP) is 2.05. The zero-order chi connectivity index (χ0) is 15.0. The Balaban J connectivity index is 1.77. The topological polar surface area (TPSA) is 43.8 Å². The molecular formula is C17H24N2O2. The molecule has 1 aromatic rings. The zero-order valence-corrected chi connectivity index (χ0v) is 12.9. The van der Waals surface area contributed by atoms with Crippen molar-refractivity contribution < 1.29 is 9.90 Å².